The van der Waals surface area contributed by atoms with Gasteiger partial charge in [0.1, 0.15) is 11.2 Å². The number of amides is 4. The second kappa shape index (κ2) is 9.80. The van der Waals surface area contributed by atoms with Crippen molar-refractivity contribution in [1.29, 1.82) is 0 Å². The smallest absolute Gasteiger partial charge is 0.426 e. The lowest BCUT2D eigenvalue weighted by Crippen LogP contribution is -2.51. The molecule has 0 bridgehead atoms. The minimum Gasteiger partial charge on any atom is -0.443 e. The van der Waals surface area contributed by atoms with Crippen molar-refractivity contribution >= 4 is 24.0 Å². The summed E-state index contributed by atoms with van der Waals surface area (Å²) in [5, 5.41) is 0. The number of carbonyl (C=O) groups is 4. The zero-order valence-electron chi connectivity index (χ0n) is 16.0. The van der Waals surface area contributed by atoms with Crippen LogP contribution < -0.4 is 27.4 Å². The Morgan fingerprint density at radius 3 is 1.65 bits per heavy atom. The average Bonchev–Trinajstić information content (AvgIpc) is 2.44. The van der Waals surface area contributed by atoms with E-state index in [2.05, 4.69) is 21.7 Å². The van der Waals surface area contributed by atoms with Gasteiger partial charge in [0, 0.05) is 6.42 Å². The van der Waals surface area contributed by atoms with Crippen molar-refractivity contribution < 1.29 is 28.7 Å². The zero-order valence-corrected chi connectivity index (χ0v) is 16.0. The lowest BCUT2D eigenvalue weighted by atomic mass is 10.1. The highest BCUT2D eigenvalue weighted by atomic mass is 16.6. The summed E-state index contributed by atoms with van der Waals surface area (Å²) in [4.78, 5) is 46.1. The van der Waals surface area contributed by atoms with Crippen LogP contribution in [0, 0.1) is 0 Å². The van der Waals surface area contributed by atoms with E-state index >= 15 is 0 Å². The molecule has 0 radical (unpaired) electrons. The standard InChI is InChI=1S/C15H29N5O6/c1-14(2,3)25-12(23)19-17-10(21)8-7-9(16)11(22)18-20-13(24)26-15(4,5)6/h9H,7-8,16H2,1-6H3,(H,17,21)(H,18,22)(H,19,23)(H,20,24). The van der Waals surface area contributed by atoms with Crippen LogP contribution in [0.15, 0.2) is 0 Å². The third-order valence-electron chi connectivity index (χ3n) is 2.41. The van der Waals surface area contributed by atoms with E-state index in [1.165, 1.54) is 0 Å². The summed E-state index contributed by atoms with van der Waals surface area (Å²) in [6.07, 6.45) is -1.78. The van der Waals surface area contributed by atoms with E-state index in [9.17, 15) is 19.2 Å². The van der Waals surface area contributed by atoms with Gasteiger partial charge in [-0.2, -0.15) is 0 Å². The molecule has 0 rings (SSSR count). The fraction of sp³-hybridized carbons (Fsp3) is 0.733. The van der Waals surface area contributed by atoms with Crippen LogP contribution in [-0.2, 0) is 19.1 Å². The van der Waals surface area contributed by atoms with Crippen LogP contribution in [-0.4, -0.2) is 41.2 Å². The first-order valence-corrected chi connectivity index (χ1v) is 8.02. The normalized spacial score (nSPS) is 12.4. The monoisotopic (exact) mass is 375 g/mol. The quantitative estimate of drug-likeness (QED) is 0.439. The van der Waals surface area contributed by atoms with Crippen molar-refractivity contribution in [3.63, 3.8) is 0 Å². The molecule has 0 aromatic heterocycles. The molecule has 1 unspecified atom stereocenters. The van der Waals surface area contributed by atoms with E-state index in [0.717, 1.165) is 0 Å². The Balaban J connectivity index is 4.07. The van der Waals surface area contributed by atoms with Crippen LogP contribution in [0.4, 0.5) is 9.59 Å². The Bertz CT molecular complexity index is 524. The number of nitrogens with two attached hydrogens (primary N) is 1. The summed E-state index contributed by atoms with van der Waals surface area (Å²) < 4.78 is 9.87. The molecule has 1 atom stereocenters. The SMILES string of the molecule is CC(C)(C)OC(=O)NNC(=O)CCC(N)C(=O)NNC(=O)OC(C)(C)C. The molecule has 0 aliphatic heterocycles. The summed E-state index contributed by atoms with van der Waals surface area (Å²) in [6.45, 7) is 10.0. The largest absolute Gasteiger partial charge is 0.443 e. The Morgan fingerprint density at radius 2 is 1.23 bits per heavy atom. The van der Waals surface area contributed by atoms with E-state index in [4.69, 9.17) is 15.2 Å². The first-order valence-electron chi connectivity index (χ1n) is 8.02. The second-order valence-electron chi connectivity index (χ2n) is 7.44. The zero-order chi connectivity index (χ0) is 20.5. The van der Waals surface area contributed by atoms with Crippen molar-refractivity contribution in [3.05, 3.63) is 0 Å². The maximum atomic E-state index is 11.7. The number of hydrazine groups is 2. The molecule has 6 N–H and O–H groups in total. The number of hydrogen-bond donors (Lipinski definition) is 5. The van der Waals surface area contributed by atoms with Gasteiger partial charge in [-0.25, -0.2) is 20.4 Å². The molecule has 0 aliphatic rings. The highest BCUT2D eigenvalue weighted by molar-refractivity contribution is 5.84. The van der Waals surface area contributed by atoms with Crippen LogP contribution in [0.5, 0.6) is 0 Å². The Kier molecular flexibility index (Phi) is 8.84. The van der Waals surface area contributed by atoms with Crippen molar-refractivity contribution in [2.45, 2.75) is 71.6 Å². The van der Waals surface area contributed by atoms with Gasteiger partial charge in [0.25, 0.3) is 5.91 Å². The molecule has 11 nitrogen and oxygen atoms in total. The molecule has 26 heavy (non-hydrogen) atoms. The van der Waals surface area contributed by atoms with E-state index in [-0.39, 0.29) is 12.8 Å². The molecule has 0 spiro atoms. The summed E-state index contributed by atoms with van der Waals surface area (Å²) in [7, 11) is 0. The predicted octanol–water partition coefficient (Wildman–Crippen LogP) is 0.206. The van der Waals surface area contributed by atoms with Gasteiger partial charge in [-0.05, 0) is 48.0 Å². The molecule has 0 heterocycles. The van der Waals surface area contributed by atoms with Crippen molar-refractivity contribution in [2.24, 2.45) is 5.73 Å². The van der Waals surface area contributed by atoms with E-state index < -0.39 is 41.2 Å². The Labute approximate surface area is 152 Å². The summed E-state index contributed by atoms with van der Waals surface area (Å²) in [5.74, 6) is -1.25. The molecule has 11 heteroatoms. The fourth-order valence-corrected chi connectivity index (χ4v) is 1.41. The molecular formula is C15H29N5O6. The van der Waals surface area contributed by atoms with Crippen LogP contribution in [0.25, 0.3) is 0 Å². The van der Waals surface area contributed by atoms with E-state index in [0.29, 0.717) is 0 Å². The average molecular weight is 375 g/mol. The van der Waals surface area contributed by atoms with Gasteiger partial charge >= 0.3 is 12.2 Å². The summed E-state index contributed by atoms with van der Waals surface area (Å²) in [6, 6.07) is -1.04. The molecular weight excluding hydrogens is 346 g/mol. The number of rotatable bonds is 4. The molecule has 0 aliphatic carbocycles. The van der Waals surface area contributed by atoms with Gasteiger partial charge < -0.3 is 15.2 Å². The molecule has 0 fully saturated rings. The van der Waals surface area contributed by atoms with Crippen LogP contribution in [0.2, 0.25) is 0 Å². The summed E-state index contributed by atoms with van der Waals surface area (Å²) in [5.41, 5.74) is 12.6. The molecule has 150 valence electrons. The third kappa shape index (κ3) is 12.8. The maximum Gasteiger partial charge on any atom is 0.426 e. The highest BCUT2D eigenvalue weighted by Crippen LogP contribution is 2.06. The topological polar surface area (TPSA) is 161 Å². The highest BCUT2D eigenvalue weighted by Gasteiger charge is 2.20. The number of ether oxygens (including phenoxy) is 2. The van der Waals surface area contributed by atoms with Gasteiger partial charge in [-0.3, -0.25) is 20.4 Å². The fourth-order valence-electron chi connectivity index (χ4n) is 1.41. The van der Waals surface area contributed by atoms with Gasteiger partial charge in [-0.15, -0.1) is 0 Å². The lowest BCUT2D eigenvalue weighted by molar-refractivity contribution is -0.124. The van der Waals surface area contributed by atoms with Crippen molar-refractivity contribution in [2.75, 3.05) is 0 Å². The van der Waals surface area contributed by atoms with Crippen molar-refractivity contribution in [3.8, 4) is 0 Å². The van der Waals surface area contributed by atoms with Gasteiger partial charge in [0.15, 0.2) is 0 Å². The second-order valence-corrected chi connectivity index (χ2v) is 7.44. The first kappa shape index (κ1) is 23.4. The first-order chi connectivity index (χ1) is 11.7. The number of hydrogen-bond acceptors (Lipinski definition) is 7. The molecule has 0 saturated heterocycles. The van der Waals surface area contributed by atoms with Gasteiger partial charge in [0.2, 0.25) is 5.91 Å². The Hall–Kier alpha value is -2.56. The minimum atomic E-state index is -1.04. The Morgan fingerprint density at radius 1 is 0.808 bits per heavy atom. The summed E-state index contributed by atoms with van der Waals surface area (Å²) >= 11 is 0. The third-order valence-corrected chi connectivity index (χ3v) is 2.41. The number of carbonyl (C=O) groups excluding carboxylic acids is 4. The number of nitrogens with one attached hydrogen (secondary N) is 4. The van der Waals surface area contributed by atoms with Crippen molar-refractivity contribution in [1.82, 2.24) is 21.7 Å². The molecule has 0 saturated carbocycles. The van der Waals surface area contributed by atoms with Crippen LogP contribution in [0.3, 0.4) is 0 Å². The molecule has 0 aromatic carbocycles. The van der Waals surface area contributed by atoms with E-state index in [1.54, 1.807) is 41.5 Å². The van der Waals surface area contributed by atoms with E-state index in [1.807, 2.05) is 0 Å². The van der Waals surface area contributed by atoms with Crippen LogP contribution in [0.1, 0.15) is 54.4 Å². The predicted molar refractivity (Wildman–Crippen MR) is 92.2 cm³/mol. The lowest BCUT2D eigenvalue weighted by Gasteiger charge is -2.20. The van der Waals surface area contributed by atoms with Gasteiger partial charge in [0.05, 0.1) is 6.04 Å². The minimum absolute atomic E-state index is 0.0103. The maximum absolute atomic E-state index is 11.7. The van der Waals surface area contributed by atoms with Crippen LogP contribution >= 0.6 is 0 Å². The molecule has 4 amide bonds. The van der Waals surface area contributed by atoms with Gasteiger partial charge in [-0.1, -0.05) is 0 Å². The molecule has 0 aromatic rings.